The highest BCUT2D eigenvalue weighted by Crippen LogP contribution is 2.12. The summed E-state index contributed by atoms with van der Waals surface area (Å²) in [5.41, 5.74) is 2.18. The van der Waals surface area contributed by atoms with Crippen LogP contribution in [0.15, 0.2) is 77.7 Å². The van der Waals surface area contributed by atoms with Gasteiger partial charge in [0.25, 0.3) is 11.5 Å². The highest BCUT2D eigenvalue weighted by Gasteiger charge is 2.12. The molecule has 3 aromatic rings. The summed E-state index contributed by atoms with van der Waals surface area (Å²) in [7, 11) is 0. The van der Waals surface area contributed by atoms with Gasteiger partial charge in [-0.3, -0.25) is 19.0 Å². The van der Waals surface area contributed by atoms with Crippen molar-refractivity contribution in [1.82, 2.24) is 9.88 Å². The van der Waals surface area contributed by atoms with Crippen molar-refractivity contribution >= 4 is 17.5 Å². The zero-order valence-corrected chi connectivity index (χ0v) is 16.2. The maximum atomic E-state index is 12.8. The lowest BCUT2D eigenvalue weighted by Gasteiger charge is -2.10. The van der Waals surface area contributed by atoms with Crippen molar-refractivity contribution in [3.63, 3.8) is 0 Å². The molecule has 0 bridgehead atoms. The summed E-state index contributed by atoms with van der Waals surface area (Å²) >= 11 is 0. The predicted octanol–water partition coefficient (Wildman–Crippen LogP) is 3.16. The summed E-state index contributed by atoms with van der Waals surface area (Å²) in [6, 6.07) is 20.1. The fourth-order valence-electron chi connectivity index (χ4n) is 3.01. The molecular weight excluding hydrogens is 366 g/mol. The Labute approximate surface area is 169 Å². The van der Waals surface area contributed by atoms with E-state index in [1.165, 1.54) is 23.1 Å². The first kappa shape index (κ1) is 20.1. The lowest BCUT2D eigenvalue weighted by atomic mass is 10.1. The molecule has 0 saturated carbocycles. The van der Waals surface area contributed by atoms with E-state index in [1.54, 1.807) is 36.5 Å². The Kier molecular flexibility index (Phi) is 6.58. The molecular formula is C23H23N3O3. The Balaban J connectivity index is 1.65. The van der Waals surface area contributed by atoms with Crippen LogP contribution in [0.2, 0.25) is 0 Å². The van der Waals surface area contributed by atoms with Crippen molar-refractivity contribution < 1.29 is 9.59 Å². The molecule has 148 valence electrons. The number of carbonyl (C=O) groups is 2. The van der Waals surface area contributed by atoms with Crippen molar-refractivity contribution in [3.05, 3.63) is 94.4 Å². The second-order valence-corrected chi connectivity index (χ2v) is 6.67. The van der Waals surface area contributed by atoms with Gasteiger partial charge in [0.2, 0.25) is 5.91 Å². The van der Waals surface area contributed by atoms with Crippen LogP contribution in [-0.2, 0) is 11.2 Å². The largest absolute Gasteiger partial charge is 0.352 e. The Morgan fingerprint density at radius 1 is 0.931 bits per heavy atom. The molecule has 0 aliphatic carbocycles. The van der Waals surface area contributed by atoms with Gasteiger partial charge in [-0.2, -0.15) is 0 Å². The van der Waals surface area contributed by atoms with Crippen LogP contribution in [-0.4, -0.2) is 22.9 Å². The SMILES string of the molecule is CC(=O)Nc1ccc(-n2cccc(C(=O)NCCCc3ccccc3)c2=O)cc1. The number of anilines is 1. The fraction of sp³-hybridized carbons (Fsp3) is 0.174. The van der Waals surface area contributed by atoms with Crippen molar-refractivity contribution in [2.24, 2.45) is 0 Å². The van der Waals surface area contributed by atoms with Gasteiger partial charge in [-0.1, -0.05) is 30.3 Å². The monoisotopic (exact) mass is 389 g/mol. The van der Waals surface area contributed by atoms with Crippen molar-refractivity contribution in [2.45, 2.75) is 19.8 Å². The topological polar surface area (TPSA) is 80.2 Å². The summed E-state index contributed by atoms with van der Waals surface area (Å²) in [5.74, 6) is -0.548. The van der Waals surface area contributed by atoms with Crippen molar-refractivity contribution in [2.75, 3.05) is 11.9 Å². The molecule has 0 aliphatic rings. The normalized spacial score (nSPS) is 10.4. The Bertz CT molecular complexity index is 1040. The quantitative estimate of drug-likeness (QED) is 0.609. The number of carbonyl (C=O) groups excluding carboxylic acids is 2. The van der Waals surface area contributed by atoms with Crippen LogP contribution < -0.4 is 16.2 Å². The molecule has 0 atom stereocenters. The van der Waals surface area contributed by atoms with Crippen LogP contribution in [0, 0.1) is 0 Å². The molecule has 6 nitrogen and oxygen atoms in total. The van der Waals surface area contributed by atoms with Gasteiger partial charge in [0.1, 0.15) is 5.56 Å². The average Bonchev–Trinajstić information content (AvgIpc) is 2.72. The molecule has 2 amide bonds. The van der Waals surface area contributed by atoms with Crippen LogP contribution in [0.25, 0.3) is 5.69 Å². The summed E-state index contributed by atoms with van der Waals surface area (Å²) in [6.07, 6.45) is 3.27. The van der Waals surface area contributed by atoms with Crippen molar-refractivity contribution in [3.8, 4) is 5.69 Å². The van der Waals surface area contributed by atoms with E-state index in [9.17, 15) is 14.4 Å². The summed E-state index contributed by atoms with van der Waals surface area (Å²) in [4.78, 5) is 36.3. The van der Waals surface area contributed by atoms with E-state index in [-0.39, 0.29) is 22.9 Å². The number of hydrogen-bond acceptors (Lipinski definition) is 3. The minimum atomic E-state index is -0.389. The molecule has 2 N–H and O–H groups in total. The van der Waals surface area contributed by atoms with Crippen LogP contribution in [0.1, 0.15) is 29.3 Å². The minimum absolute atomic E-state index is 0.0955. The Morgan fingerprint density at radius 3 is 2.34 bits per heavy atom. The number of nitrogens with one attached hydrogen (secondary N) is 2. The smallest absolute Gasteiger partial charge is 0.267 e. The first-order valence-electron chi connectivity index (χ1n) is 9.46. The molecule has 0 unspecified atom stereocenters. The molecule has 0 fully saturated rings. The van der Waals surface area contributed by atoms with Crippen LogP contribution in [0.3, 0.4) is 0 Å². The van der Waals surface area contributed by atoms with E-state index in [2.05, 4.69) is 22.8 Å². The molecule has 0 aliphatic heterocycles. The number of amides is 2. The third-order valence-corrected chi connectivity index (χ3v) is 4.43. The fourth-order valence-corrected chi connectivity index (χ4v) is 3.01. The third-order valence-electron chi connectivity index (χ3n) is 4.43. The van der Waals surface area contributed by atoms with Crippen molar-refractivity contribution in [1.29, 1.82) is 0 Å². The van der Waals surface area contributed by atoms with Crippen LogP contribution in [0.4, 0.5) is 5.69 Å². The summed E-state index contributed by atoms with van der Waals surface area (Å²) in [6.45, 7) is 1.92. The van der Waals surface area contributed by atoms with E-state index < -0.39 is 0 Å². The van der Waals surface area contributed by atoms with Gasteiger partial charge in [0.05, 0.1) is 0 Å². The van der Waals surface area contributed by atoms with E-state index in [1.807, 2.05) is 18.2 Å². The van der Waals surface area contributed by atoms with Crippen LogP contribution >= 0.6 is 0 Å². The predicted molar refractivity (Wildman–Crippen MR) is 113 cm³/mol. The third kappa shape index (κ3) is 5.42. The molecule has 1 aromatic heterocycles. The number of aryl methyl sites for hydroxylation is 1. The number of hydrogen-bond donors (Lipinski definition) is 2. The zero-order valence-electron chi connectivity index (χ0n) is 16.2. The average molecular weight is 389 g/mol. The van der Waals surface area contributed by atoms with Gasteiger partial charge >= 0.3 is 0 Å². The van der Waals surface area contributed by atoms with Gasteiger partial charge in [-0.15, -0.1) is 0 Å². The zero-order chi connectivity index (χ0) is 20.6. The molecule has 1 heterocycles. The van der Waals surface area contributed by atoms with E-state index in [4.69, 9.17) is 0 Å². The molecule has 0 spiro atoms. The number of rotatable bonds is 7. The first-order chi connectivity index (χ1) is 14.0. The maximum absolute atomic E-state index is 12.8. The number of benzene rings is 2. The molecule has 6 heteroatoms. The minimum Gasteiger partial charge on any atom is -0.352 e. The molecule has 2 aromatic carbocycles. The number of nitrogens with zero attached hydrogens (tertiary/aromatic N) is 1. The second-order valence-electron chi connectivity index (χ2n) is 6.67. The number of pyridine rings is 1. The van der Waals surface area contributed by atoms with E-state index in [0.29, 0.717) is 17.9 Å². The lowest BCUT2D eigenvalue weighted by molar-refractivity contribution is -0.114. The van der Waals surface area contributed by atoms with Gasteiger partial charge < -0.3 is 10.6 Å². The van der Waals surface area contributed by atoms with Gasteiger partial charge in [0.15, 0.2) is 0 Å². The molecule has 0 saturated heterocycles. The maximum Gasteiger partial charge on any atom is 0.267 e. The van der Waals surface area contributed by atoms with Gasteiger partial charge in [-0.25, -0.2) is 0 Å². The standard InChI is InChI=1S/C23H23N3O3/c1-17(27)25-19-11-13-20(14-12-19)26-16-6-10-21(23(26)29)22(28)24-15-5-9-18-7-3-2-4-8-18/h2-4,6-8,10-14,16H,5,9,15H2,1H3,(H,24,28)(H,25,27). The Morgan fingerprint density at radius 2 is 1.66 bits per heavy atom. The van der Waals surface area contributed by atoms with Gasteiger partial charge in [0, 0.05) is 31.0 Å². The second kappa shape index (κ2) is 9.50. The molecule has 0 radical (unpaired) electrons. The lowest BCUT2D eigenvalue weighted by Crippen LogP contribution is -2.32. The number of aromatic nitrogens is 1. The summed E-state index contributed by atoms with van der Waals surface area (Å²) in [5, 5.41) is 5.50. The van der Waals surface area contributed by atoms with Gasteiger partial charge in [-0.05, 0) is 54.8 Å². The summed E-state index contributed by atoms with van der Waals surface area (Å²) < 4.78 is 1.41. The first-order valence-corrected chi connectivity index (χ1v) is 9.46. The van der Waals surface area contributed by atoms with E-state index >= 15 is 0 Å². The highest BCUT2D eigenvalue weighted by atomic mass is 16.2. The molecule has 29 heavy (non-hydrogen) atoms. The highest BCUT2D eigenvalue weighted by molar-refractivity contribution is 5.93. The van der Waals surface area contributed by atoms with Crippen LogP contribution in [0.5, 0.6) is 0 Å². The molecule has 3 rings (SSSR count). The Hall–Kier alpha value is -3.67. The van der Waals surface area contributed by atoms with E-state index in [0.717, 1.165) is 12.8 Å².